The summed E-state index contributed by atoms with van der Waals surface area (Å²) < 4.78 is 5.32. The summed E-state index contributed by atoms with van der Waals surface area (Å²) in [6.45, 7) is 6.00. The van der Waals surface area contributed by atoms with Gasteiger partial charge in [-0.15, -0.1) is 0 Å². The van der Waals surface area contributed by atoms with Crippen molar-refractivity contribution in [1.82, 2.24) is 4.90 Å². The lowest BCUT2D eigenvalue weighted by Gasteiger charge is -2.20. The van der Waals surface area contributed by atoms with Gasteiger partial charge in [0.2, 0.25) is 0 Å². The Hall–Kier alpha value is -1.10. The average Bonchev–Trinajstić information content (AvgIpc) is 2.39. The number of nitrogens with zero attached hydrogens (tertiary/aromatic N) is 1. The summed E-state index contributed by atoms with van der Waals surface area (Å²) in [4.78, 5) is 2.11. The Morgan fingerprint density at radius 3 is 2.58 bits per heavy atom. The first-order chi connectivity index (χ1) is 8.97. The Morgan fingerprint density at radius 2 is 2.00 bits per heavy atom. The number of methoxy groups -OCH3 is 1. The smallest absolute Gasteiger partial charge is 0.122 e. The van der Waals surface area contributed by atoms with E-state index in [0.29, 0.717) is 13.1 Å². The Bertz CT molecular complexity index is 407. The van der Waals surface area contributed by atoms with E-state index >= 15 is 0 Å². The maximum Gasteiger partial charge on any atom is 0.122 e. The van der Waals surface area contributed by atoms with Crippen LogP contribution in [0.1, 0.15) is 16.7 Å². The molecule has 1 atom stereocenters. The molecule has 1 aromatic rings. The Balaban J connectivity index is 2.60. The van der Waals surface area contributed by atoms with E-state index in [1.54, 1.807) is 7.11 Å². The number of ether oxygens (including phenoxy) is 1. The molecule has 1 rings (SSSR count). The van der Waals surface area contributed by atoms with E-state index in [0.717, 1.165) is 24.3 Å². The number of rotatable bonds is 7. The fourth-order valence-electron chi connectivity index (χ4n) is 2.18. The summed E-state index contributed by atoms with van der Waals surface area (Å²) >= 11 is 0. The van der Waals surface area contributed by atoms with E-state index < -0.39 is 6.10 Å². The lowest BCUT2D eigenvalue weighted by Crippen LogP contribution is -2.35. The van der Waals surface area contributed by atoms with Crippen molar-refractivity contribution in [1.29, 1.82) is 0 Å². The van der Waals surface area contributed by atoms with Crippen molar-refractivity contribution in [3.8, 4) is 5.75 Å². The second-order valence-corrected chi connectivity index (χ2v) is 5.15. The Morgan fingerprint density at radius 1 is 1.32 bits per heavy atom. The van der Waals surface area contributed by atoms with Crippen molar-refractivity contribution >= 4 is 0 Å². The molecule has 1 aromatic carbocycles. The molecule has 108 valence electrons. The highest BCUT2D eigenvalue weighted by Gasteiger charge is 2.08. The second-order valence-electron chi connectivity index (χ2n) is 5.15. The number of aliphatic hydroxyl groups is 1. The van der Waals surface area contributed by atoms with Gasteiger partial charge in [0.15, 0.2) is 0 Å². The third kappa shape index (κ3) is 4.82. The molecule has 0 heterocycles. The van der Waals surface area contributed by atoms with E-state index in [9.17, 15) is 5.11 Å². The molecule has 0 aliphatic rings. The second kappa shape index (κ2) is 7.48. The Kier molecular flexibility index (Phi) is 6.28. The summed E-state index contributed by atoms with van der Waals surface area (Å²) in [6.07, 6.45) is 0.522. The molecule has 4 heteroatoms. The monoisotopic (exact) mass is 266 g/mol. The van der Waals surface area contributed by atoms with Crippen LogP contribution in [0.2, 0.25) is 0 Å². The molecule has 0 aliphatic heterocycles. The van der Waals surface area contributed by atoms with Gasteiger partial charge in [-0.1, -0.05) is 6.07 Å². The molecule has 0 saturated carbocycles. The van der Waals surface area contributed by atoms with Crippen molar-refractivity contribution in [3.63, 3.8) is 0 Å². The molecule has 3 N–H and O–H groups in total. The van der Waals surface area contributed by atoms with Crippen molar-refractivity contribution in [3.05, 3.63) is 28.8 Å². The van der Waals surface area contributed by atoms with Crippen LogP contribution in [0, 0.1) is 13.8 Å². The van der Waals surface area contributed by atoms with Crippen molar-refractivity contribution in [2.24, 2.45) is 5.73 Å². The summed E-state index contributed by atoms with van der Waals surface area (Å²) in [6, 6.07) is 4.26. The molecular weight excluding hydrogens is 240 g/mol. The van der Waals surface area contributed by atoms with Gasteiger partial charge in [0.25, 0.3) is 0 Å². The highest BCUT2D eigenvalue weighted by Crippen LogP contribution is 2.22. The minimum Gasteiger partial charge on any atom is -0.496 e. The summed E-state index contributed by atoms with van der Waals surface area (Å²) in [5.41, 5.74) is 9.14. The van der Waals surface area contributed by atoms with Gasteiger partial charge in [0.05, 0.1) is 13.2 Å². The predicted molar refractivity (Wildman–Crippen MR) is 78.7 cm³/mol. The molecule has 0 saturated heterocycles. The zero-order chi connectivity index (χ0) is 14.4. The van der Waals surface area contributed by atoms with Crippen LogP contribution in [0.3, 0.4) is 0 Å². The number of nitrogens with two attached hydrogens (primary N) is 1. The summed E-state index contributed by atoms with van der Waals surface area (Å²) in [5, 5.41) is 9.51. The van der Waals surface area contributed by atoms with Crippen LogP contribution < -0.4 is 10.5 Å². The van der Waals surface area contributed by atoms with Crippen LogP contribution in [0.4, 0.5) is 0 Å². The molecular formula is C15H26N2O2. The maximum atomic E-state index is 9.51. The molecule has 19 heavy (non-hydrogen) atoms. The standard InChI is InChI=1S/C15H26N2O2/c1-11-8-15(19-4)12(2)7-13(11)5-6-17(3)10-14(18)9-16/h7-8,14,18H,5-6,9-10,16H2,1-4H3. The fraction of sp³-hybridized carbons (Fsp3) is 0.600. The molecule has 0 aromatic heterocycles. The van der Waals surface area contributed by atoms with Gasteiger partial charge in [-0.05, 0) is 50.1 Å². The SMILES string of the molecule is COc1cc(C)c(CCN(C)CC(O)CN)cc1C. The van der Waals surface area contributed by atoms with Crippen molar-refractivity contribution in [2.45, 2.75) is 26.4 Å². The van der Waals surface area contributed by atoms with E-state index in [4.69, 9.17) is 10.5 Å². The highest BCUT2D eigenvalue weighted by atomic mass is 16.5. The topological polar surface area (TPSA) is 58.7 Å². The van der Waals surface area contributed by atoms with Crippen molar-refractivity contribution < 1.29 is 9.84 Å². The average molecular weight is 266 g/mol. The predicted octanol–water partition coefficient (Wildman–Crippen LogP) is 1.11. The minimum absolute atomic E-state index is 0.311. The molecule has 4 nitrogen and oxygen atoms in total. The lowest BCUT2D eigenvalue weighted by atomic mass is 10.0. The van der Waals surface area contributed by atoms with E-state index in [-0.39, 0.29) is 0 Å². The quantitative estimate of drug-likeness (QED) is 0.776. The molecule has 1 unspecified atom stereocenters. The van der Waals surface area contributed by atoms with E-state index in [1.807, 2.05) is 7.05 Å². The number of hydrogen-bond donors (Lipinski definition) is 2. The Labute approximate surface area is 116 Å². The van der Waals surface area contributed by atoms with Gasteiger partial charge in [-0.25, -0.2) is 0 Å². The fourth-order valence-corrected chi connectivity index (χ4v) is 2.18. The van der Waals surface area contributed by atoms with Crippen molar-refractivity contribution in [2.75, 3.05) is 33.8 Å². The number of aryl methyl sites for hydroxylation is 2. The van der Waals surface area contributed by atoms with Crippen LogP contribution in [0.25, 0.3) is 0 Å². The van der Waals surface area contributed by atoms with Crippen LogP contribution in [-0.4, -0.2) is 49.9 Å². The van der Waals surface area contributed by atoms with Gasteiger partial charge in [0.1, 0.15) is 5.75 Å². The minimum atomic E-state index is -0.441. The molecule has 0 aliphatic carbocycles. The van der Waals surface area contributed by atoms with Gasteiger partial charge in [0, 0.05) is 19.6 Å². The largest absolute Gasteiger partial charge is 0.496 e. The number of benzene rings is 1. The van der Waals surface area contributed by atoms with E-state index in [2.05, 4.69) is 30.9 Å². The highest BCUT2D eigenvalue weighted by molar-refractivity contribution is 5.41. The third-order valence-corrected chi connectivity index (χ3v) is 3.41. The molecule has 0 bridgehead atoms. The van der Waals surface area contributed by atoms with Gasteiger partial charge in [-0.2, -0.15) is 0 Å². The first-order valence-corrected chi connectivity index (χ1v) is 6.68. The summed E-state index contributed by atoms with van der Waals surface area (Å²) in [5.74, 6) is 0.938. The number of hydrogen-bond acceptors (Lipinski definition) is 4. The molecule has 0 amide bonds. The molecule has 0 spiro atoms. The summed E-state index contributed by atoms with van der Waals surface area (Å²) in [7, 11) is 3.70. The van der Waals surface area contributed by atoms with Crippen LogP contribution in [0.15, 0.2) is 12.1 Å². The van der Waals surface area contributed by atoms with Gasteiger partial charge in [-0.3, -0.25) is 0 Å². The maximum absolute atomic E-state index is 9.51. The molecule has 0 fully saturated rings. The first-order valence-electron chi connectivity index (χ1n) is 6.68. The number of likely N-dealkylation sites (N-methyl/N-ethyl adjacent to an activating group) is 1. The third-order valence-electron chi connectivity index (χ3n) is 3.41. The normalized spacial score (nSPS) is 12.8. The van der Waals surface area contributed by atoms with Gasteiger partial charge < -0.3 is 20.5 Å². The number of aliphatic hydroxyl groups excluding tert-OH is 1. The van der Waals surface area contributed by atoms with Crippen LogP contribution in [0.5, 0.6) is 5.75 Å². The first kappa shape index (κ1) is 16.0. The zero-order valence-corrected chi connectivity index (χ0v) is 12.4. The van der Waals surface area contributed by atoms with Crippen LogP contribution >= 0.6 is 0 Å². The van der Waals surface area contributed by atoms with E-state index in [1.165, 1.54) is 11.1 Å². The zero-order valence-electron chi connectivity index (χ0n) is 12.4. The lowest BCUT2D eigenvalue weighted by molar-refractivity contribution is 0.133. The van der Waals surface area contributed by atoms with Crippen LogP contribution in [-0.2, 0) is 6.42 Å². The van der Waals surface area contributed by atoms with Gasteiger partial charge >= 0.3 is 0 Å². The molecule has 0 radical (unpaired) electrons.